The molecule has 8 heteroatoms. The fourth-order valence-electron chi connectivity index (χ4n) is 4.55. The molecule has 2 aliphatic rings. The third-order valence-corrected chi connectivity index (χ3v) is 6.11. The summed E-state index contributed by atoms with van der Waals surface area (Å²) in [5.41, 5.74) is 3.70. The van der Waals surface area contributed by atoms with Crippen molar-refractivity contribution in [2.75, 3.05) is 19.6 Å². The van der Waals surface area contributed by atoms with Crippen molar-refractivity contribution in [3.63, 3.8) is 0 Å². The van der Waals surface area contributed by atoms with Gasteiger partial charge in [0, 0.05) is 47.9 Å². The maximum Gasteiger partial charge on any atom is 0.410 e. The number of aromatic amines is 1. The third kappa shape index (κ3) is 4.58. The van der Waals surface area contributed by atoms with E-state index in [1.807, 2.05) is 57.2 Å². The number of carbonyl (C=O) groups excluding carboxylic acids is 2. The summed E-state index contributed by atoms with van der Waals surface area (Å²) in [4.78, 5) is 34.7. The molecule has 34 heavy (non-hydrogen) atoms. The molecule has 0 bridgehead atoms. The van der Waals surface area contributed by atoms with Gasteiger partial charge >= 0.3 is 6.09 Å². The van der Waals surface area contributed by atoms with Gasteiger partial charge in [0.1, 0.15) is 11.7 Å². The molecule has 5 rings (SSSR count). The lowest BCUT2D eigenvalue weighted by atomic mass is 10.1. The Labute approximate surface area is 198 Å². The van der Waals surface area contributed by atoms with Crippen molar-refractivity contribution in [1.82, 2.24) is 20.2 Å². The zero-order valence-corrected chi connectivity index (χ0v) is 19.8. The van der Waals surface area contributed by atoms with E-state index in [0.717, 1.165) is 47.1 Å². The van der Waals surface area contributed by atoms with Crippen LogP contribution in [0.25, 0.3) is 22.2 Å². The first-order valence-corrected chi connectivity index (χ1v) is 11.8. The van der Waals surface area contributed by atoms with Gasteiger partial charge in [-0.2, -0.15) is 0 Å². The smallest absolute Gasteiger partial charge is 0.410 e. The summed E-state index contributed by atoms with van der Waals surface area (Å²) in [5.74, 6) is 0.470. The number of nitrogens with zero attached hydrogens (tertiary/aromatic N) is 2. The summed E-state index contributed by atoms with van der Waals surface area (Å²) in [7, 11) is 0. The van der Waals surface area contributed by atoms with Crippen molar-refractivity contribution >= 4 is 22.9 Å². The highest BCUT2D eigenvalue weighted by Crippen LogP contribution is 2.31. The minimum atomic E-state index is -0.529. The monoisotopic (exact) mass is 462 g/mol. The Kier molecular flexibility index (Phi) is 5.67. The number of ether oxygens (including phenoxy) is 2. The fourth-order valence-corrected chi connectivity index (χ4v) is 4.55. The molecular weight excluding hydrogens is 432 g/mol. The average Bonchev–Trinajstić information content (AvgIpc) is 3.23. The Morgan fingerprint density at radius 1 is 1.18 bits per heavy atom. The number of fused-ring (bicyclic) bond motifs is 2. The Bertz CT molecular complexity index is 1240. The van der Waals surface area contributed by atoms with E-state index in [9.17, 15) is 9.59 Å². The number of hydrogen-bond acceptors (Lipinski definition) is 5. The van der Waals surface area contributed by atoms with E-state index in [2.05, 4.69) is 10.3 Å². The number of amides is 2. The Morgan fingerprint density at radius 2 is 2.03 bits per heavy atom. The van der Waals surface area contributed by atoms with E-state index in [-0.39, 0.29) is 18.1 Å². The average molecular weight is 463 g/mol. The molecule has 2 aliphatic heterocycles. The quantitative estimate of drug-likeness (QED) is 0.605. The first-order chi connectivity index (χ1) is 16.3. The van der Waals surface area contributed by atoms with Gasteiger partial charge in [-0.05, 0) is 45.7 Å². The van der Waals surface area contributed by atoms with Gasteiger partial charge in [-0.1, -0.05) is 18.2 Å². The summed E-state index contributed by atoms with van der Waals surface area (Å²) >= 11 is 0. The Hall–Kier alpha value is -3.55. The number of piperidine rings is 1. The van der Waals surface area contributed by atoms with Crippen LogP contribution in [-0.2, 0) is 11.2 Å². The van der Waals surface area contributed by atoms with Gasteiger partial charge < -0.3 is 24.7 Å². The van der Waals surface area contributed by atoms with Crippen molar-refractivity contribution in [1.29, 1.82) is 0 Å². The molecule has 4 heterocycles. The molecule has 1 saturated heterocycles. The van der Waals surface area contributed by atoms with Crippen LogP contribution in [0, 0.1) is 0 Å². The lowest BCUT2D eigenvalue weighted by Gasteiger charge is -2.34. The maximum atomic E-state index is 12.5. The van der Waals surface area contributed by atoms with Crippen LogP contribution in [0.2, 0.25) is 0 Å². The number of para-hydroxylation sites is 1. The molecule has 2 aromatic heterocycles. The molecule has 0 radical (unpaired) electrons. The number of nitrogens with one attached hydrogen (secondary N) is 2. The van der Waals surface area contributed by atoms with Crippen molar-refractivity contribution < 1.29 is 19.1 Å². The van der Waals surface area contributed by atoms with Crippen LogP contribution in [0.15, 0.2) is 36.4 Å². The number of likely N-dealkylation sites (tertiary alicyclic amines) is 1. The molecule has 1 aromatic carbocycles. The predicted octanol–water partition coefficient (Wildman–Crippen LogP) is 4.29. The molecule has 0 saturated carbocycles. The molecule has 3 aromatic rings. The Balaban J connectivity index is 1.38. The number of pyridine rings is 1. The van der Waals surface area contributed by atoms with Gasteiger partial charge in [0.15, 0.2) is 0 Å². The standard InChI is InChI=1S/C26H30N4O4/c1-26(2,3)34-25(32)30-13-5-7-17(15-30)33-22-10-9-16-6-4-8-18(23(16)29-22)21-14-19-20(28-21)11-12-27-24(19)31/h4,6,8-10,14,17,28H,5,7,11-13,15H2,1-3H3,(H,27,31)/t17-/m1/s1. The molecule has 1 fully saturated rings. The summed E-state index contributed by atoms with van der Waals surface area (Å²) in [6.45, 7) is 7.37. The number of rotatable bonds is 3. The number of H-pyrrole nitrogens is 1. The number of carbonyl (C=O) groups is 2. The fraction of sp³-hybridized carbons (Fsp3) is 0.423. The van der Waals surface area contributed by atoms with Gasteiger partial charge in [0.25, 0.3) is 5.91 Å². The van der Waals surface area contributed by atoms with E-state index in [4.69, 9.17) is 14.5 Å². The van der Waals surface area contributed by atoms with E-state index in [0.29, 0.717) is 31.1 Å². The van der Waals surface area contributed by atoms with E-state index in [1.54, 1.807) is 4.90 Å². The van der Waals surface area contributed by atoms with Gasteiger partial charge in [0.2, 0.25) is 5.88 Å². The second-order valence-electron chi connectivity index (χ2n) is 9.92. The molecule has 0 unspecified atom stereocenters. The van der Waals surface area contributed by atoms with Crippen LogP contribution >= 0.6 is 0 Å². The van der Waals surface area contributed by atoms with Crippen LogP contribution < -0.4 is 10.1 Å². The zero-order valence-electron chi connectivity index (χ0n) is 19.8. The normalized spacial score (nSPS) is 18.4. The summed E-state index contributed by atoms with van der Waals surface area (Å²) in [6, 6.07) is 11.7. The first kappa shape index (κ1) is 22.3. The highest BCUT2D eigenvalue weighted by Gasteiger charge is 2.29. The minimum absolute atomic E-state index is 0.0483. The van der Waals surface area contributed by atoms with Gasteiger partial charge in [-0.15, -0.1) is 0 Å². The summed E-state index contributed by atoms with van der Waals surface area (Å²) in [5, 5.41) is 3.87. The molecule has 8 nitrogen and oxygen atoms in total. The van der Waals surface area contributed by atoms with Crippen LogP contribution in [0.4, 0.5) is 4.79 Å². The lowest BCUT2D eigenvalue weighted by molar-refractivity contribution is 0.00725. The topological polar surface area (TPSA) is 96.5 Å². The number of aromatic nitrogens is 2. The van der Waals surface area contributed by atoms with Gasteiger partial charge in [0.05, 0.1) is 17.6 Å². The van der Waals surface area contributed by atoms with E-state index < -0.39 is 5.60 Å². The molecular formula is C26H30N4O4. The summed E-state index contributed by atoms with van der Waals surface area (Å²) < 4.78 is 11.8. The van der Waals surface area contributed by atoms with Gasteiger partial charge in [-0.25, -0.2) is 9.78 Å². The van der Waals surface area contributed by atoms with E-state index >= 15 is 0 Å². The van der Waals surface area contributed by atoms with Crippen molar-refractivity contribution in [3.05, 3.63) is 47.7 Å². The molecule has 178 valence electrons. The van der Waals surface area contributed by atoms with Crippen molar-refractivity contribution in [2.24, 2.45) is 0 Å². The molecule has 1 atom stereocenters. The summed E-state index contributed by atoms with van der Waals surface area (Å²) in [6.07, 6.45) is 2.01. The largest absolute Gasteiger partial charge is 0.472 e. The highest BCUT2D eigenvalue weighted by molar-refractivity contribution is 6.00. The van der Waals surface area contributed by atoms with Crippen LogP contribution in [0.5, 0.6) is 5.88 Å². The van der Waals surface area contributed by atoms with Crippen LogP contribution in [0.1, 0.15) is 49.7 Å². The second-order valence-corrected chi connectivity index (χ2v) is 9.92. The van der Waals surface area contributed by atoms with Crippen LogP contribution in [0.3, 0.4) is 0 Å². The lowest BCUT2D eigenvalue weighted by Crippen LogP contribution is -2.46. The van der Waals surface area contributed by atoms with E-state index in [1.165, 1.54) is 0 Å². The highest BCUT2D eigenvalue weighted by atomic mass is 16.6. The minimum Gasteiger partial charge on any atom is -0.472 e. The molecule has 0 spiro atoms. The molecule has 2 N–H and O–H groups in total. The third-order valence-electron chi connectivity index (χ3n) is 6.11. The van der Waals surface area contributed by atoms with Crippen molar-refractivity contribution in [2.45, 2.75) is 51.7 Å². The SMILES string of the molecule is CC(C)(C)OC(=O)N1CCC[C@@H](Oc2ccc3cccc(-c4cc5c([nH]4)CCNC5=O)c3n2)C1. The van der Waals surface area contributed by atoms with Crippen LogP contribution in [-0.4, -0.2) is 58.2 Å². The first-order valence-electron chi connectivity index (χ1n) is 11.8. The Morgan fingerprint density at radius 3 is 2.82 bits per heavy atom. The molecule has 2 amide bonds. The zero-order chi connectivity index (χ0) is 23.9. The number of hydrogen-bond donors (Lipinski definition) is 2. The molecule has 0 aliphatic carbocycles. The van der Waals surface area contributed by atoms with Crippen molar-refractivity contribution in [3.8, 4) is 17.1 Å². The maximum absolute atomic E-state index is 12.5. The second kappa shape index (κ2) is 8.66. The number of benzene rings is 1. The predicted molar refractivity (Wildman–Crippen MR) is 129 cm³/mol. The van der Waals surface area contributed by atoms with Gasteiger partial charge in [-0.3, -0.25) is 4.79 Å².